The summed E-state index contributed by atoms with van der Waals surface area (Å²) in [5.74, 6) is 1.82. The number of carbonyl (C=O) groups is 1. The molecule has 1 aromatic carbocycles. The van der Waals surface area contributed by atoms with E-state index in [1.165, 1.54) is 0 Å². The van der Waals surface area contributed by atoms with Crippen molar-refractivity contribution in [2.45, 2.75) is 40.0 Å². The molecule has 1 fully saturated rings. The Hall–Kier alpha value is -2.24. The zero-order valence-corrected chi connectivity index (χ0v) is 16.9. The number of carbonyl (C=O) groups excluding carboxylic acids is 1. The number of aliphatic imine (C=N–C) groups is 1. The second kappa shape index (κ2) is 11.5. The molecular formula is C21H33N3O3. The van der Waals surface area contributed by atoms with E-state index in [-0.39, 0.29) is 11.9 Å². The SMILES string of the molecule is CCNC(=NCCCOc1ccccc1C)N1CCC(C(=O)OCC)CC1. The normalized spacial score (nSPS) is 15.5. The summed E-state index contributed by atoms with van der Waals surface area (Å²) >= 11 is 0. The first-order valence-electron chi connectivity index (χ1n) is 10.0. The van der Waals surface area contributed by atoms with Crippen LogP contribution < -0.4 is 10.1 Å². The largest absolute Gasteiger partial charge is 0.493 e. The molecule has 1 saturated heterocycles. The predicted molar refractivity (Wildman–Crippen MR) is 108 cm³/mol. The number of nitrogens with one attached hydrogen (secondary N) is 1. The van der Waals surface area contributed by atoms with Gasteiger partial charge in [-0.15, -0.1) is 0 Å². The molecule has 1 N–H and O–H groups in total. The third-order valence-electron chi connectivity index (χ3n) is 4.66. The van der Waals surface area contributed by atoms with Crippen molar-refractivity contribution in [3.05, 3.63) is 29.8 Å². The van der Waals surface area contributed by atoms with Gasteiger partial charge in [-0.2, -0.15) is 0 Å². The lowest BCUT2D eigenvalue weighted by Gasteiger charge is -2.33. The molecule has 0 amide bonds. The van der Waals surface area contributed by atoms with Crippen molar-refractivity contribution in [2.24, 2.45) is 10.9 Å². The Balaban J connectivity index is 1.77. The van der Waals surface area contributed by atoms with Crippen LogP contribution in [0.25, 0.3) is 0 Å². The van der Waals surface area contributed by atoms with Crippen molar-refractivity contribution >= 4 is 11.9 Å². The summed E-state index contributed by atoms with van der Waals surface area (Å²) in [7, 11) is 0. The minimum absolute atomic E-state index is 0.0200. The van der Waals surface area contributed by atoms with Gasteiger partial charge in [0, 0.05) is 32.6 Å². The number of benzene rings is 1. The number of hydrogen-bond acceptors (Lipinski definition) is 4. The molecule has 0 spiro atoms. The van der Waals surface area contributed by atoms with Gasteiger partial charge in [0.15, 0.2) is 5.96 Å². The molecule has 0 aliphatic carbocycles. The lowest BCUT2D eigenvalue weighted by molar-refractivity contribution is -0.149. The molecule has 1 aromatic rings. The lowest BCUT2D eigenvalue weighted by Crippen LogP contribution is -2.46. The number of hydrogen-bond donors (Lipinski definition) is 1. The molecule has 6 heteroatoms. The van der Waals surface area contributed by atoms with Gasteiger partial charge in [-0.05, 0) is 45.2 Å². The van der Waals surface area contributed by atoms with Crippen molar-refractivity contribution in [1.82, 2.24) is 10.2 Å². The quantitative estimate of drug-likeness (QED) is 0.328. The first-order chi connectivity index (χ1) is 13.2. The Morgan fingerprint density at radius 2 is 2.00 bits per heavy atom. The number of esters is 1. The average Bonchev–Trinajstić information content (AvgIpc) is 2.68. The van der Waals surface area contributed by atoms with Crippen LogP contribution in [0, 0.1) is 12.8 Å². The van der Waals surface area contributed by atoms with Crippen molar-refractivity contribution in [3.8, 4) is 5.75 Å². The summed E-state index contributed by atoms with van der Waals surface area (Å²) in [6, 6.07) is 8.05. The second-order valence-corrected chi connectivity index (χ2v) is 6.72. The maximum atomic E-state index is 11.9. The zero-order valence-electron chi connectivity index (χ0n) is 16.9. The predicted octanol–water partition coefficient (Wildman–Crippen LogP) is 3.00. The van der Waals surface area contributed by atoms with Gasteiger partial charge < -0.3 is 19.7 Å². The van der Waals surface area contributed by atoms with Gasteiger partial charge in [-0.3, -0.25) is 9.79 Å². The Morgan fingerprint density at radius 1 is 1.26 bits per heavy atom. The molecule has 0 radical (unpaired) electrons. The van der Waals surface area contributed by atoms with E-state index in [4.69, 9.17) is 14.5 Å². The molecule has 2 rings (SSSR count). The highest BCUT2D eigenvalue weighted by atomic mass is 16.5. The zero-order chi connectivity index (χ0) is 19.5. The minimum Gasteiger partial charge on any atom is -0.493 e. The number of likely N-dealkylation sites (tertiary alicyclic amines) is 1. The smallest absolute Gasteiger partial charge is 0.309 e. The second-order valence-electron chi connectivity index (χ2n) is 6.72. The van der Waals surface area contributed by atoms with E-state index in [1.807, 2.05) is 25.1 Å². The molecule has 0 atom stereocenters. The van der Waals surface area contributed by atoms with Crippen molar-refractivity contribution < 1.29 is 14.3 Å². The summed E-state index contributed by atoms with van der Waals surface area (Å²) < 4.78 is 11.0. The van der Waals surface area contributed by atoms with Crippen LogP contribution in [0.4, 0.5) is 0 Å². The molecular weight excluding hydrogens is 342 g/mol. The Morgan fingerprint density at radius 3 is 2.67 bits per heavy atom. The van der Waals surface area contributed by atoms with Gasteiger partial charge in [0.1, 0.15) is 5.75 Å². The Bertz CT molecular complexity index is 610. The van der Waals surface area contributed by atoms with Crippen molar-refractivity contribution in [3.63, 3.8) is 0 Å². The van der Waals surface area contributed by atoms with Crippen LogP contribution in [0.2, 0.25) is 0 Å². The van der Waals surface area contributed by atoms with E-state index in [2.05, 4.69) is 30.1 Å². The molecule has 0 aromatic heterocycles. The van der Waals surface area contributed by atoms with Crippen molar-refractivity contribution in [2.75, 3.05) is 39.4 Å². The van der Waals surface area contributed by atoms with E-state index < -0.39 is 0 Å². The minimum atomic E-state index is -0.0626. The van der Waals surface area contributed by atoms with E-state index >= 15 is 0 Å². The van der Waals surface area contributed by atoms with Crippen LogP contribution in [0.15, 0.2) is 29.3 Å². The maximum absolute atomic E-state index is 11.9. The molecule has 150 valence electrons. The van der Waals surface area contributed by atoms with Gasteiger partial charge in [-0.25, -0.2) is 0 Å². The maximum Gasteiger partial charge on any atom is 0.309 e. The van der Waals surface area contributed by atoms with Gasteiger partial charge >= 0.3 is 5.97 Å². The van der Waals surface area contributed by atoms with Gasteiger partial charge in [0.05, 0.1) is 19.1 Å². The van der Waals surface area contributed by atoms with Crippen LogP contribution in [-0.2, 0) is 9.53 Å². The summed E-state index contributed by atoms with van der Waals surface area (Å²) in [6.45, 7) is 10.3. The molecule has 27 heavy (non-hydrogen) atoms. The first kappa shape index (κ1) is 21.1. The Labute approximate surface area is 162 Å². The third kappa shape index (κ3) is 6.77. The molecule has 6 nitrogen and oxygen atoms in total. The van der Waals surface area contributed by atoms with Crippen molar-refractivity contribution in [1.29, 1.82) is 0 Å². The molecule has 1 aliphatic rings. The highest BCUT2D eigenvalue weighted by Gasteiger charge is 2.27. The fourth-order valence-electron chi connectivity index (χ4n) is 3.16. The molecule has 1 aliphatic heterocycles. The number of aryl methyl sites for hydroxylation is 1. The van der Waals surface area contributed by atoms with Crippen LogP contribution in [0.5, 0.6) is 5.75 Å². The third-order valence-corrected chi connectivity index (χ3v) is 4.66. The fourth-order valence-corrected chi connectivity index (χ4v) is 3.16. The fraction of sp³-hybridized carbons (Fsp3) is 0.619. The topological polar surface area (TPSA) is 63.2 Å². The summed E-state index contributed by atoms with van der Waals surface area (Å²) in [5, 5.41) is 3.36. The Kier molecular flexibility index (Phi) is 8.95. The number of guanidine groups is 1. The van der Waals surface area contributed by atoms with E-state index in [0.29, 0.717) is 19.8 Å². The standard InChI is InChI=1S/C21H33N3O3/c1-4-22-21(24-14-11-18(12-15-24)20(25)26-5-2)23-13-8-16-27-19-10-7-6-9-17(19)3/h6-7,9-10,18H,4-5,8,11-16H2,1-3H3,(H,22,23). The molecule has 0 saturated carbocycles. The summed E-state index contributed by atoms with van der Waals surface area (Å²) in [4.78, 5) is 18.9. The number of ether oxygens (including phenoxy) is 2. The van der Waals surface area contributed by atoms with E-state index in [0.717, 1.165) is 56.2 Å². The van der Waals surface area contributed by atoms with Crippen LogP contribution in [0.1, 0.15) is 38.7 Å². The average molecular weight is 376 g/mol. The van der Waals surface area contributed by atoms with Gasteiger partial charge in [0.25, 0.3) is 0 Å². The number of para-hydroxylation sites is 1. The van der Waals surface area contributed by atoms with E-state index in [1.54, 1.807) is 0 Å². The highest BCUT2D eigenvalue weighted by Crippen LogP contribution is 2.19. The first-order valence-corrected chi connectivity index (χ1v) is 10.0. The van der Waals surface area contributed by atoms with Crippen LogP contribution >= 0.6 is 0 Å². The number of piperidine rings is 1. The highest BCUT2D eigenvalue weighted by molar-refractivity contribution is 5.80. The summed E-state index contributed by atoms with van der Waals surface area (Å²) in [6.07, 6.45) is 2.50. The van der Waals surface area contributed by atoms with Gasteiger partial charge in [-0.1, -0.05) is 18.2 Å². The molecule has 0 bridgehead atoms. The number of rotatable bonds is 8. The van der Waals surface area contributed by atoms with Crippen LogP contribution in [-0.4, -0.2) is 56.2 Å². The van der Waals surface area contributed by atoms with Gasteiger partial charge in [0.2, 0.25) is 0 Å². The molecule has 1 heterocycles. The lowest BCUT2D eigenvalue weighted by atomic mass is 9.97. The molecule has 0 unspecified atom stereocenters. The number of nitrogens with zero attached hydrogens (tertiary/aromatic N) is 2. The monoisotopic (exact) mass is 375 g/mol. The summed E-state index contributed by atoms with van der Waals surface area (Å²) in [5.41, 5.74) is 1.15. The van der Waals surface area contributed by atoms with Crippen LogP contribution in [0.3, 0.4) is 0 Å². The van der Waals surface area contributed by atoms with E-state index in [9.17, 15) is 4.79 Å².